The molecule has 0 aromatic rings. The summed E-state index contributed by atoms with van der Waals surface area (Å²) in [5.41, 5.74) is 0. The van der Waals surface area contributed by atoms with Gasteiger partial charge in [-0.3, -0.25) is 19.2 Å². The second-order valence-electron chi connectivity index (χ2n) is 13.2. The fourth-order valence-electron chi connectivity index (χ4n) is 5.73. The van der Waals surface area contributed by atoms with Crippen molar-refractivity contribution in [3.05, 3.63) is 0 Å². The van der Waals surface area contributed by atoms with Gasteiger partial charge in [0.2, 0.25) is 23.6 Å². The number of carboxylic acid groups (broad SMARTS) is 4. The van der Waals surface area contributed by atoms with Crippen molar-refractivity contribution < 1.29 is 264 Å². The first kappa shape index (κ1) is 67.4. The monoisotopic (exact) mass is 894 g/mol. The normalized spacial score (nSPS) is 11.1. The molecule has 0 fully saturated rings. The van der Waals surface area contributed by atoms with Gasteiger partial charge in [0.1, 0.15) is 0 Å². The first-order chi connectivity index (χ1) is 24.6. The number of carbonyl (C=O) groups excluding carboxylic acids is 8. The van der Waals surface area contributed by atoms with Gasteiger partial charge in [0.25, 0.3) is 0 Å². The molecular formula is C36H58K4N4O12. The Labute approximate surface area is 503 Å². The van der Waals surface area contributed by atoms with E-state index >= 15 is 0 Å². The molecule has 2 atom stereocenters. The minimum absolute atomic E-state index is 0. The molecule has 4 amide bonds. The van der Waals surface area contributed by atoms with E-state index in [-0.39, 0.29) is 218 Å². The Morgan fingerprint density at radius 1 is 0.429 bits per heavy atom. The molecule has 0 aliphatic rings. The molecule has 16 nitrogen and oxygen atoms in total. The first-order valence-corrected chi connectivity index (χ1v) is 18.4. The van der Waals surface area contributed by atoms with E-state index in [1.807, 2.05) is 0 Å². The smallest absolute Gasteiger partial charge is 0.548 e. The van der Waals surface area contributed by atoms with Crippen molar-refractivity contribution >= 4 is 47.5 Å². The summed E-state index contributed by atoms with van der Waals surface area (Å²) in [6, 6.07) is -2.96. The standard InChI is InChI=1S/C36H62N4O12.4K/c1-5-7-9-11-13-15-17-29(41)37(3)27(35(49)50)19-21-31(43)39(25-33(45)46)23-24-40(26-34(47)48)32(44)22-20-28(36(51)52)38(4)30(42)18-16-14-12-10-8-6-2;;;;/h27-28H,5-26H2,1-4H3,(H,45,46)(H,47,48)(H,49,50)(H,51,52);;;;/q;4*+1/p-4. The maximum atomic E-state index is 13.0. The maximum absolute atomic E-state index is 13.0. The SMILES string of the molecule is CCCCCCCCC(=O)N(C)C(CCC(=O)N(CCN(CC(=O)[O-])C(=O)CCC(C(=O)[O-])N(C)C(=O)CCCCCCCC)CC(=O)[O-])C(=O)[O-].[K+].[K+].[K+].[K+]. The summed E-state index contributed by atoms with van der Waals surface area (Å²) in [5.74, 6) is -9.20. The maximum Gasteiger partial charge on any atom is 1.00 e. The van der Waals surface area contributed by atoms with E-state index in [0.29, 0.717) is 12.8 Å². The Bertz CT molecular complexity index is 1100. The molecule has 298 valence electrons. The second kappa shape index (κ2) is 41.3. The van der Waals surface area contributed by atoms with Crippen LogP contribution in [0.4, 0.5) is 0 Å². The van der Waals surface area contributed by atoms with E-state index in [2.05, 4.69) is 13.8 Å². The first-order valence-electron chi connectivity index (χ1n) is 18.4. The summed E-state index contributed by atoms with van der Waals surface area (Å²) in [6.07, 6.45) is 9.35. The third-order valence-corrected chi connectivity index (χ3v) is 9.00. The largest absolute Gasteiger partial charge is 1.00 e. The van der Waals surface area contributed by atoms with Gasteiger partial charge in [-0.25, -0.2) is 0 Å². The zero-order valence-electron chi connectivity index (χ0n) is 35.4. The second-order valence-corrected chi connectivity index (χ2v) is 13.2. The fourth-order valence-corrected chi connectivity index (χ4v) is 5.73. The van der Waals surface area contributed by atoms with Gasteiger partial charge in [-0.2, -0.15) is 0 Å². The Kier molecular flexibility index (Phi) is 49.7. The van der Waals surface area contributed by atoms with Crippen LogP contribution < -0.4 is 226 Å². The Balaban J connectivity index is -0.00000217. The number of carboxylic acids is 4. The molecule has 0 saturated carbocycles. The molecule has 20 heteroatoms. The van der Waals surface area contributed by atoms with E-state index in [0.717, 1.165) is 83.8 Å². The average molecular weight is 895 g/mol. The van der Waals surface area contributed by atoms with Gasteiger partial charge < -0.3 is 59.2 Å². The van der Waals surface area contributed by atoms with Crippen LogP contribution in [0.2, 0.25) is 0 Å². The molecule has 0 spiro atoms. The van der Waals surface area contributed by atoms with Gasteiger partial charge in [-0.05, 0) is 25.7 Å². The van der Waals surface area contributed by atoms with Crippen molar-refractivity contribution in [3.63, 3.8) is 0 Å². The number of likely N-dealkylation sites (N-methyl/N-ethyl adjacent to an activating group) is 2. The molecule has 0 bridgehead atoms. The van der Waals surface area contributed by atoms with Crippen molar-refractivity contribution in [3.8, 4) is 0 Å². The predicted octanol–water partition coefficient (Wildman–Crippen LogP) is -13.6. The summed E-state index contributed by atoms with van der Waals surface area (Å²) in [6.45, 7) is 1.22. The minimum Gasteiger partial charge on any atom is -0.548 e. The molecular weight excluding hydrogens is 837 g/mol. The fraction of sp³-hybridized carbons (Fsp3) is 0.778. The average Bonchev–Trinajstić information content (AvgIpc) is 3.07. The number of aliphatic carboxylic acids is 4. The van der Waals surface area contributed by atoms with E-state index in [4.69, 9.17) is 0 Å². The molecule has 56 heavy (non-hydrogen) atoms. The van der Waals surface area contributed by atoms with E-state index in [1.54, 1.807) is 0 Å². The molecule has 0 N–H and O–H groups in total. The van der Waals surface area contributed by atoms with Crippen LogP contribution in [0.15, 0.2) is 0 Å². The van der Waals surface area contributed by atoms with Gasteiger partial charge in [-0.15, -0.1) is 0 Å². The van der Waals surface area contributed by atoms with Crippen LogP contribution in [0, 0.1) is 0 Å². The van der Waals surface area contributed by atoms with Crippen molar-refractivity contribution in [2.45, 2.75) is 142 Å². The van der Waals surface area contributed by atoms with E-state index < -0.39 is 111 Å². The number of unbranched alkanes of at least 4 members (excludes halogenated alkanes) is 10. The molecule has 0 aromatic carbocycles. The third-order valence-electron chi connectivity index (χ3n) is 9.00. The van der Waals surface area contributed by atoms with Gasteiger partial charge in [0.15, 0.2) is 0 Å². The number of amides is 4. The Morgan fingerprint density at radius 3 is 0.982 bits per heavy atom. The molecule has 0 rings (SSSR count). The van der Waals surface area contributed by atoms with Gasteiger partial charge in [0, 0.05) is 52.9 Å². The zero-order valence-corrected chi connectivity index (χ0v) is 47.9. The number of carbonyl (C=O) groups is 8. The molecule has 0 radical (unpaired) electrons. The molecule has 0 aliphatic heterocycles. The van der Waals surface area contributed by atoms with Crippen LogP contribution >= 0.6 is 0 Å². The van der Waals surface area contributed by atoms with Crippen LogP contribution in [0.25, 0.3) is 0 Å². The number of hydrogen-bond acceptors (Lipinski definition) is 12. The zero-order chi connectivity index (χ0) is 39.6. The molecule has 2 unspecified atom stereocenters. The number of nitrogens with zero attached hydrogens (tertiary/aromatic N) is 4. The van der Waals surface area contributed by atoms with Crippen LogP contribution in [0.1, 0.15) is 129 Å². The topological polar surface area (TPSA) is 242 Å². The number of rotatable bonds is 31. The van der Waals surface area contributed by atoms with Gasteiger partial charge >= 0.3 is 206 Å². The summed E-state index contributed by atoms with van der Waals surface area (Å²) >= 11 is 0. The summed E-state index contributed by atoms with van der Waals surface area (Å²) in [4.78, 5) is 101. The van der Waals surface area contributed by atoms with E-state index in [9.17, 15) is 58.8 Å². The predicted molar refractivity (Wildman–Crippen MR) is 181 cm³/mol. The minimum atomic E-state index is -1.68. The summed E-state index contributed by atoms with van der Waals surface area (Å²) in [7, 11) is 2.56. The van der Waals surface area contributed by atoms with Crippen LogP contribution in [0.5, 0.6) is 0 Å². The molecule has 0 saturated heterocycles. The van der Waals surface area contributed by atoms with Crippen molar-refractivity contribution in [2.75, 3.05) is 40.3 Å². The Morgan fingerprint density at radius 2 is 0.714 bits per heavy atom. The summed E-state index contributed by atoms with van der Waals surface area (Å²) in [5, 5.41) is 46.6. The third kappa shape index (κ3) is 32.0. The Hall–Kier alpha value is 2.31. The molecule has 0 heterocycles. The van der Waals surface area contributed by atoms with Crippen molar-refractivity contribution in [1.82, 2.24) is 19.6 Å². The van der Waals surface area contributed by atoms with Gasteiger partial charge in [0.05, 0.1) is 49.1 Å². The van der Waals surface area contributed by atoms with Gasteiger partial charge in [-0.1, -0.05) is 78.1 Å². The van der Waals surface area contributed by atoms with Crippen LogP contribution in [-0.4, -0.2) is 119 Å². The van der Waals surface area contributed by atoms with E-state index in [1.165, 1.54) is 14.1 Å². The summed E-state index contributed by atoms with van der Waals surface area (Å²) < 4.78 is 0. The van der Waals surface area contributed by atoms with Crippen molar-refractivity contribution in [2.24, 2.45) is 0 Å². The van der Waals surface area contributed by atoms with Crippen LogP contribution in [0.3, 0.4) is 0 Å². The number of hydrogen-bond donors (Lipinski definition) is 0. The molecule has 0 aromatic heterocycles. The van der Waals surface area contributed by atoms with Crippen LogP contribution in [-0.2, 0) is 38.4 Å². The quantitative estimate of drug-likeness (QED) is 0.0466. The molecule has 0 aliphatic carbocycles. The van der Waals surface area contributed by atoms with Crippen molar-refractivity contribution in [1.29, 1.82) is 0 Å².